The van der Waals surface area contributed by atoms with Crippen LogP contribution in [0.25, 0.3) is 0 Å². The first-order valence-corrected chi connectivity index (χ1v) is 6.84. The van der Waals surface area contributed by atoms with Crippen LogP contribution in [-0.4, -0.2) is 26.8 Å². The molecule has 20 heavy (non-hydrogen) atoms. The Morgan fingerprint density at radius 2 is 1.95 bits per heavy atom. The average molecular weight is 279 g/mol. The van der Waals surface area contributed by atoms with Crippen LogP contribution in [0.15, 0.2) is 12.1 Å². The quantitative estimate of drug-likeness (QED) is 0.662. The minimum absolute atomic E-state index is 0.282. The molecule has 0 amide bonds. The van der Waals surface area contributed by atoms with Crippen LogP contribution >= 0.6 is 0 Å². The molecular weight excluding hydrogens is 258 g/mol. The normalized spacial score (nSPS) is 15.1. The van der Waals surface area contributed by atoms with E-state index in [0.29, 0.717) is 29.6 Å². The molecule has 1 aliphatic carbocycles. The molecule has 0 spiro atoms. The number of rotatable bonds is 5. The molecule has 0 saturated heterocycles. The Hall–Kier alpha value is -1.91. The molecular formula is C15H21NO4. The van der Waals surface area contributed by atoms with Crippen molar-refractivity contribution in [2.24, 2.45) is 5.92 Å². The Balaban J connectivity index is 2.11. The van der Waals surface area contributed by atoms with Gasteiger partial charge in [-0.2, -0.15) is 0 Å². The highest BCUT2D eigenvalue weighted by Gasteiger charge is 2.20. The van der Waals surface area contributed by atoms with Crippen molar-refractivity contribution in [3.63, 3.8) is 0 Å². The van der Waals surface area contributed by atoms with Crippen molar-refractivity contribution in [3.8, 4) is 11.5 Å². The van der Waals surface area contributed by atoms with Gasteiger partial charge in [0, 0.05) is 6.07 Å². The number of hydrogen-bond acceptors (Lipinski definition) is 5. The van der Waals surface area contributed by atoms with E-state index in [-0.39, 0.29) is 5.69 Å². The lowest BCUT2D eigenvalue weighted by Gasteiger charge is -2.14. The molecule has 1 saturated carbocycles. The molecule has 0 bridgehead atoms. The van der Waals surface area contributed by atoms with E-state index in [0.717, 1.165) is 12.8 Å². The van der Waals surface area contributed by atoms with E-state index in [1.165, 1.54) is 27.1 Å². The van der Waals surface area contributed by atoms with Gasteiger partial charge in [-0.25, -0.2) is 4.79 Å². The van der Waals surface area contributed by atoms with E-state index in [2.05, 4.69) is 0 Å². The summed E-state index contributed by atoms with van der Waals surface area (Å²) < 4.78 is 15.6. The van der Waals surface area contributed by atoms with E-state index in [1.54, 1.807) is 12.1 Å². The van der Waals surface area contributed by atoms with Crippen LogP contribution in [0.1, 0.15) is 36.0 Å². The predicted molar refractivity (Wildman–Crippen MR) is 76.2 cm³/mol. The summed E-state index contributed by atoms with van der Waals surface area (Å²) in [5.74, 6) is 0.986. The standard InChI is InChI=1S/C15H21NO4/c1-18-11-7-12(14(16)13(8-11)19-2)15(17)20-9-10-5-3-4-6-10/h7-8,10H,3-6,9,16H2,1-2H3. The third-order valence-corrected chi connectivity index (χ3v) is 3.72. The molecule has 0 unspecified atom stereocenters. The van der Waals surface area contributed by atoms with Gasteiger partial charge in [0.25, 0.3) is 0 Å². The lowest BCUT2D eigenvalue weighted by molar-refractivity contribution is 0.0443. The van der Waals surface area contributed by atoms with Gasteiger partial charge >= 0.3 is 5.97 Å². The highest BCUT2D eigenvalue weighted by Crippen LogP contribution is 2.32. The number of ether oxygens (including phenoxy) is 3. The van der Waals surface area contributed by atoms with Crippen molar-refractivity contribution in [1.82, 2.24) is 0 Å². The lowest BCUT2D eigenvalue weighted by Crippen LogP contribution is -2.14. The van der Waals surface area contributed by atoms with E-state index < -0.39 is 5.97 Å². The highest BCUT2D eigenvalue weighted by molar-refractivity contribution is 5.97. The molecule has 5 heteroatoms. The first-order chi connectivity index (χ1) is 9.65. The lowest BCUT2D eigenvalue weighted by atomic mass is 10.1. The van der Waals surface area contributed by atoms with Crippen LogP contribution in [-0.2, 0) is 4.74 Å². The Morgan fingerprint density at radius 3 is 2.55 bits per heavy atom. The van der Waals surface area contributed by atoms with Gasteiger partial charge in [0.15, 0.2) is 0 Å². The van der Waals surface area contributed by atoms with Crippen molar-refractivity contribution >= 4 is 11.7 Å². The van der Waals surface area contributed by atoms with E-state index >= 15 is 0 Å². The highest BCUT2D eigenvalue weighted by atomic mass is 16.5. The number of anilines is 1. The van der Waals surface area contributed by atoms with Crippen LogP contribution in [0, 0.1) is 5.92 Å². The fraction of sp³-hybridized carbons (Fsp3) is 0.533. The zero-order chi connectivity index (χ0) is 14.5. The molecule has 1 aromatic rings. The smallest absolute Gasteiger partial charge is 0.340 e. The Bertz CT molecular complexity index is 481. The van der Waals surface area contributed by atoms with Crippen LogP contribution < -0.4 is 15.2 Å². The van der Waals surface area contributed by atoms with Crippen molar-refractivity contribution in [2.45, 2.75) is 25.7 Å². The molecule has 1 aromatic carbocycles. The van der Waals surface area contributed by atoms with Gasteiger partial charge in [-0.15, -0.1) is 0 Å². The molecule has 2 N–H and O–H groups in total. The second-order valence-electron chi connectivity index (χ2n) is 5.04. The monoisotopic (exact) mass is 279 g/mol. The van der Waals surface area contributed by atoms with Crippen LogP contribution in [0.3, 0.4) is 0 Å². The number of methoxy groups -OCH3 is 2. The van der Waals surface area contributed by atoms with Crippen LogP contribution in [0.2, 0.25) is 0 Å². The van der Waals surface area contributed by atoms with Gasteiger partial charge in [-0.05, 0) is 24.8 Å². The summed E-state index contributed by atoms with van der Waals surface area (Å²) in [5, 5.41) is 0. The minimum Gasteiger partial charge on any atom is -0.497 e. The zero-order valence-corrected chi connectivity index (χ0v) is 12.0. The molecule has 1 aliphatic rings. The molecule has 5 nitrogen and oxygen atoms in total. The summed E-state index contributed by atoms with van der Waals surface area (Å²) in [6.45, 7) is 0.456. The first kappa shape index (κ1) is 14.5. The summed E-state index contributed by atoms with van der Waals surface area (Å²) in [5.41, 5.74) is 6.49. The van der Waals surface area contributed by atoms with E-state index in [1.807, 2.05) is 0 Å². The number of carbonyl (C=O) groups is 1. The molecule has 110 valence electrons. The summed E-state index contributed by atoms with van der Waals surface area (Å²) >= 11 is 0. The maximum atomic E-state index is 12.1. The van der Waals surface area contributed by atoms with Gasteiger partial charge in [-0.3, -0.25) is 0 Å². The Morgan fingerprint density at radius 1 is 1.25 bits per heavy atom. The van der Waals surface area contributed by atoms with Crippen molar-refractivity contribution < 1.29 is 19.0 Å². The maximum absolute atomic E-state index is 12.1. The predicted octanol–water partition coefficient (Wildman–Crippen LogP) is 2.63. The minimum atomic E-state index is -0.424. The molecule has 0 atom stereocenters. The third kappa shape index (κ3) is 3.15. The summed E-state index contributed by atoms with van der Waals surface area (Å²) in [4.78, 5) is 12.1. The molecule has 0 radical (unpaired) electrons. The first-order valence-electron chi connectivity index (χ1n) is 6.84. The van der Waals surface area contributed by atoms with Crippen molar-refractivity contribution in [3.05, 3.63) is 17.7 Å². The fourth-order valence-electron chi connectivity index (χ4n) is 2.51. The second-order valence-corrected chi connectivity index (χ2v) is 5.04. The van der Waals surface area contributed by atoms with Gasteiger partial charge < -0.3 is 19.9 Å². The number of hydrogen-bond donors (Lipinski definition) is 1. The van der Waals surface area contributed by atoms with Gasteiger partial charge in [-0.1, -0.05) is 12.8 Å². The molecule has 0 aromatic heterocycles. The molecule has 0 aliphatic heterocycles. The SMILES string of the molecule is COc1cc(OC)c(N)c(C(=O)OCC2CCCC2)c1. The number of esters is 1. The molecule has 2 rings (SSSR count). The maximum Gasteiger partial charge on any atom is 0.340 e. The Labute approximate surface area is 119 Å². The molecule has 1 fully saturated rings. The zero-order valence-electron chi connectivity index (χ0n) is 12.0. The fourth-order valence-corrected chi connectivity index (χ4v) is 2.51. The van der Waals surface area contributed by atoms with Crippen molar-refractivity contribution in [1.29, 1.82) is 0 Å². The Kier molecular flexibility index (Phi) is 4.71. The van der Waals surface area contributed by atoms with Crippen LogP contribution in [0.4, 0.5) is 5.69 Å². The number of carbonyl (C=O) groups excluding carboxylic acids is 1. The number of benzene rings is 1. The van der Waals surface area contributed by atoms with E-state index in [9.17, 15) is 4.79 Å². The van der Waals surface area contributed by atoms with Crippen molar-refractivity contribution in [2.75, 3.05) is 26.6 Å². The summed E-state index contributed by atoms with van der Waals surface area (Å²) in [7, 11) is 3.03. The van der Waals surface area contributed by atoms with E-state index in [4.69, 9.17) is 19.9 Å². The summed E-state index contributed by atoms with van der Waals surface area (Å²) in [6, 6.07) is 3.22. The van der Waals surface area contributed by atoms with Gasteiger partial charge in [0.1, 0.15) is 11.5 Å². The number of nitrogen functional groups attached to an aromatic ring is 1. The average Bonchev–Trinajstić information content (AvgIpc) is 2.98. The van der Waals surface area contributed by atoms with Gasteiger partial charge in [0.05, 0.1) is 32.1 Å². The largest absolute Gasteiger partial charge is 0.497 e. The third-order valence-electron chi connectivity index (χ3n) is 3.72. The second kappa shape index (κ2) is 6.50. The van der Waals surface area contributed by atoms with Gasteiger partial charge in [0.2, 0.25) is 0 Å². The topological polar surface area (TPSA) is 70.8 Å². The molecule has 0 heterocycles. The number of nitrogens with two attached hydrogens (primary N) is 1. The van der Waals surface area contributed by atoms with Crippen LogP contribution in [0.5, 0.6) is 11.5 Å². The summed E-state index contributed by atoms with van der Waals surface area (Å²) in [6.07, 6.45) is 4.70.